The van der Waals surface area contributed by atoms with Crippen molar-refractivity contribution in [3.63, 3.8) is 0 Å². The summed E-state index contributed by atoms with van der Waals surface area (Å²) in [6.45, 7) is 2.29. The molecule has 4 rings (SSSR count). The van der Waals surface area contributed by atoms with Crippen LogP contribution in [0.15, 0.2) is 83.8 Å². The van der Waals surface area contributed by atoms with Crippen LogP contribution in [0.3, 0.4) is 0 Å². The lowest BCUT2D eigenvalue weighted by molar-refractivity contribution is -0.127. The maximum Gasteiger partial charge on any atom is 0.264 e. The third-order valence-corrected chi connectivity index (χ3v) is 6.81. The molecule has 0 saturated carbocycles. The highest BCUT2D eigenvalue weighted by Crippen LogP contribution is 2.37. The van der Waals surface area contributed by atoms with E-state index in [-0.39, 0.29) is 24.6 Å². The number of hydrogen-bond donors (Lipinski definition) is 1. The van der Waals surface area contributed by atoms with E-state index in [1.165, 1.54) is 16.4 Å². The second-order valence-corrected chi connectivity index (χ2v) is 9.24. The fourth-order valence-corrected chi connectivity index (χ4v) is 4.91. The predicted molar refractivity (Wildman–Crippen MR) is 122 cm³/mol. The Hall–Kier alpha value is -3.52. The van der Waals surface area contributed by atoms with Gasteiger partial charge in [-0.1, -0.05) is 42.5 Å². The molecule has 0 fully saturated rings. The van der Waals surface area contributed by atoms with Gasteiger partial charge in [0.25, 0.3) is 15.9 Å². The fraction of sp³-hybridized carbons (Fsp3) is 0.208. The number of anilines is 1. The van der Waals surface area contributed by atoms with Crippen LogP contribution in [-0.2, 0) is 14.8 Å². The lowest BCUT2D eigenvalue weighted by atomic mass is 10.1. The standard InChI is InChI=1S/C24H24N2O5S/c1-18-12-13-22-21(16-18)26(32(28,29)20-10-6-3-7-11-20)17-23(31-22)24(27)25-14-15-30-19-8-4-2-5-9-19/h2-13,16,23H,14-15,17H2,1H3,(H,25,27). The van der Waals surface area contributed by atoms with Gasteiger partial charge in [0.2, 0.25) is 0 Å². The molecule has 0 aromatic heterocycles. The Balaban J connectivity index is 1.50. The summed E-state index contributed by atoms with van der Waals surface area (Å²) in [5.41, 5.74) is 1.31. The monoisotopic (exact) mass is 452 g/mol. The quantitative estimate of drug-likeness (QED) is 0.557. The zero-order chi connectivity index (χ0) is 22.6. The molecule has 0 spiro atoms. The number of benzene rings is 3. The molecule has 1 unspecified atom stereocenters. The topological polar surface area (TPSA) is 84.9 Å². The number of carbonyl (C=O) groups is 1. The number of ether oxygens (including phenoxy) is 2. The number of aryl methyl sites for hydroxylation is 1. The Kier molecular flexibility index (Phi) is 6.32. The van der Waals surface area contributed by atoms with Crippen LogP contribution in [0.5, 0.6) is 11.5 Å². The van der Waals surface area contributed by atoms with Crippen molar-refractivity contribution in [3.05, 3.63) is 84.4 Å². The van der Waals surface area contributed by atoms with E-state index in [0.717, 1.165) is 5.56 Å². The number of amides is 1. The highest BCUT2D eigenvalue weighted by atomic mass is 32.2. The summed E-state index contributed by atoms with van der Waals surface area (Å²) < 4.78 is 39.4. The van der Waals surface area contributed by atoms with Gasteiger partial charge in [-0.2, -0.15) is 0 Å². The van der Waals surface area contributed by atoms with E-state index in [0.29, 0.717) is 17.2 Å². The molecule has 0 radical (unpaired) electrons. The molecule has 8 heteroatoms. The second kappa shape index (κ2) is 9.32. The van der Waals surface area contributed by atoms with Crippen LogP contribution in [0.2, 0.25) is 0 Å². The molecule has 3 aromatic carbocycles. The molecule has 7 nitrogen and oxygen atoms in total. The van der Waals surface area contributed by atoms with Crippen LogP contribution in [0, 0.1) is 6.92 Å². The third-order valence-electron chi connectivity index (χ3n) is 5.02. The van der Waals surface area contributed by atoms with Gasteiger partial charge < -0.3 is 14.8 Å². The number of hydrogen-bond acceptors (Lipinski definition) is 5. The van der Waals surface area contributed by atoms with Crippen molar-refractivity contribution in [2.45, 2.75) is 17.9 Å². The average molecular weight is 453 g/mol. The van der Waals surface area contributed by atoms with Crippen LogP contribution in [0.25, 0.3) is 0 Å². The van der Waals surface area contributed by atoms with Crippen LogP contribution < -0.4 is 19.1 Å². The molecular weight excluding hydrogens is 428 g/mol. The summed E-state index contributed by atoms with van der Waals surface area (Å²) in [4.78, 5) is 12.9. The minimum absolute atomic E-state index is 0.126. The highest BCUT2D eigenvalue weighted by molar-refractivity contribution is 7.92. The van der Waals surface area contributed by atoms with Gasteiger partial charge in [0.05, 0.1) is 23.7 Å². The van der Waals surface area contributed by atoms with Crippen LogP contribution in [-0.4, -0.2) is 40.1 Å². The SMILES string of the molecule is Cc1ccc2c(c1)N(S(=O)(=O)c1ccccc1)CC(C(=O)NCCOc1ccccc1)O2. The molecule has 0 bridgehead atoms. The maximum atomic E-state index is 13.4. The van der Waals surface area contributed by atoms with Crippen molar-refractivity contribution in [1.82, 2.24) is 5.32 Å². The van der Waals surface area contributed by atoms with Gasteiger partial charge in [0, 0.05) is 0 Å². The molecule has 1 heterocycles. The minimum atomic E-state index is -3.87. The van der Waals surface area contributed by atoms with Gasteiger partial charge in [-0.3, -0.25) is 9.10 Å². The fourth-order valence-electron chi connectivity index (χ4n) is 3.42. The molecule has 1 N–H and O–H groups in total. The summed E-state index contributed by atoms with van der Waals surface area (Å²) >= 11 is 0. The zero-order valence-corrected chi connectivity index (χ0v) is 18.4. The predicted octanol–water partition coefficient (Wildman–Crippen LogP) is 3.15. The first-order valence-electron chi connectivity index (χ1n) is 10.3. The van der Waals surface area contributed by atoms with E-state index < -0.39 is 22.0 Å². The molecule has 32 heavy (non-hydrogen) atoms. The van der Waals surface area contributed by atoms with E-state index in [9.17, 15) is 13.2 Å². The van der Waals surface area contributed by atoms with Crippen LogP contribution in [0.1, 0.15) is 5.56 Å². The van der Waals surface area contributed by atoms with Crippen molar-refractivity contribution in [1.29, 1.82) is 0 Å². The van der Waals surface area contributed by atoms with E-state index in [4.69, 9.17) is 9.47 Å². The Morgan fingerprint density at radius 1 is 1.06 bits per heavy atom. The number of nitrogens with zero attached hydrogens (tertiary/aromatic N) is 1. The van der Waals surface area contributed by atoms with Crippen molar-refractivity contribution < 1.29 is 22.7 Å². The lowest BCUT2D eigenvalue weighted by Gasteiger charge is -2.35. The van der Waals surface area contributed by atoms with Gasteiger partial charge in [-0.15, -0.1) is 0 Å². The third kappa shape index (κ3) is 4.70. The number of para-hydroxylation sites is 1. The molecule has 1 aliphatic rings. The molecule has 0 aliphatic carbocycles. The summed E-state index contributed by atoms with van der Waals surface area (Å²) in [6.07, 6.45) is -0.986. The molecule has 0 saturated heterocycles. The normalized spacial score (nSPS) is 15.4. The van der Waals surface area contributed by atoms with Crippen molar-refractivity contribution in [2.24, 2.45) is 0 Å². The number of sulfonamides is 1. The molecule has 166 valence electrons. The molecular formula is C24H24N2O5S. The largest absolute Gasteiger partial charge is 0.492 e. The molecule has 1 amide bonds. The summed E-state index contributed by atoms with van der Waals surface area (Å²) in [5.74, 6) is 0.656. The summed E-state index contributed by atoms with van der Waals surface area (Å²) in [7, 11) is -3.87. The molecule has 1 atom stereocenters. The van der Waals surface area contributed by atoms with E-state index in [1.807, 2.05) is 43.3 Å². The number of nitrogens with one attached hydrogen (secondary N) is 1. The second-order valence-electron chi connectivity index (χ2n) is 7.38. The van der Waals surface area contributed by atoms with E-state index >= 15 is 0 Å². The summed E-state index contributed by atoms with van der Waals surface area (Å²) in [5, 5.41) is 2.77. The van der Waals surface area contributed by atoms with Crippen molar-refractivity contribution >= 4 is 21.6 Å². The summed E-state index contributed by atoms with van der Waals surface area (Å²) in [6, 6.07) is 22.7. The van der Waals surface area contributed by atoms with Crippen molar-refractivity contribution in [2.75, 3.05) is 24.0 Å². The Morgan fingerprint density at radius 3 is 2.47 bits per heavy atom. The van der Waals surface area contributed by atoms with Crippen LogP contribution in [0.4, 0.5) is 5.69 Å². The molecule has 1 aliphatic heterocycles. The first-order chi connectivity index (χ1) is 15.4. The van der Waals surface area contributed by atoms with E-state index in [1.54, 1.807) is 30.3 Å². The first kappa shape index (κ1) is 21.7. The molecule has 3 aromatic rings. The number of fused-ring (bicyclic) bond motifs is 1. The zero-order valence-electron chi connectivity index (χ0n) is 17.6. The van der Waals surface area contributed by atoms with Gasteiger partial charge >= 0.3 is 0 Å². The maximum absolute atomic E-state index is 13.4. The van der Waals surface area contributed by atoms with E-state index in [2.05, 4.69) is 5.32 Å². The average Bonchev–Trinajstić information content (AvgIpc) is 2.82. The lowest BCUT2D eigenvalue weighted by Crippen LogP contribution is -2.51. The minimum Gasteiger partial charge on any atom is -0.492 e. The Morgan fingerprint density at radius 2 is 1.75 bits per heavy atom. The Labute approximate surface area is 187 Å². The van der Waals surface area contributed by atoms with Gasteiger partial charge in [0.15, 0.2) is 6.10 Å². The number of carbonyl (C=O) groups excluding carboxylic acids is 1. The van der Waals surface area contributed by atoms with Gasteiger partial charge in [-0.25, -0.2) is 8.42 Å². The number of rotatable bonds is 7. The van der Waals surface area contributed by atoms with Crippen molar-refractivity contribution in [3.8, 4) is 11.5 Å². The highest BCUT2D eigenvalue weighted by Gasteiger charge is 2.37. The first-order valence-corrected chi connectivity index (χ1v) is 11.7. The van der Waals surface area contributed by atoms with Crippen LogP contribution >= 0.6 is 0 Å². The Bertz CT molecular complexity index is 1180. The van der Waals surface area contributed by atoms with Gasteiger partial charge in [-0.05, 0) is 48.9 Å². The smallest absolute Gasteiger partial charge is 0.264 e. The van der Waals surface area contributed by atoms with Gasteiger partial charge in [0.1, 0.15) is 18.1 Å².